The van der Waals surface area contributed by atoms with Crippen LogP contribution in [0.3, 0.4) is 0 Å². The zero-order chi connectivity index (χ0) is 87.5. The maximum absolute atomic E-state index is 15.4. The molecule has 2 aromatic carbocycles. The van der Waals surface area contributed by atoms with Gasteiger partial charge in [-0.2, -0.15) is 0 Å². The van der Waals surface area contributed by atoms with Gasteiger partial charge in [0.1, 0.15) is 72.5 Å². The van der Waals surface area contributed by atoms with Crippen LogP contribution in [0.2, 0.25) is 0 Å². The summed E-state index contributed by atoms with van der Waals surface area (Å²) in [5.74, 6) is -21.2. The number of carbonyl (C=O) groups excluding carboxylic acids is 15. The number of nitrogens with two attached hydrogens (primary N) is 1. The van der Waals surface area contributed by atoms with Crippen molar-refractivity contribution in [3.63, 3.8) is 0 Å². The molecule has 2 aliphatic heterocycles. The molecule has 0 radical (unpaired) electrons. The van der Waals surface area contributed by atoms with E-state index in [1.165, 1.54) is 19.4 Å². The first kappa shape index (κ1) is 95.4. The smallest absolute Gasteiger partial charge is 0.305 e. The van der Waals surface area contributed by atoms with Crippen LogP contribution in [0, 0.1) is 17.8 Å². The Morgan fingerprint density at radius 1 is 0.471 bits per heavy atom. The molecule has 0 spiro atoms. The highest BCUT2D eigenvalue weighted by Gasteiger charge is 2.40. The number of aromatic nitrogens is 4. The Morgan fingerprint density at radius 3 is 1.45 bits per heavy atom. The van der Waals surface area contributed by atoms with Crippen LogP contribution in [0.5, 0.6) is 0 Å². The Balaban J connectivity index is 1.35. The van der Waals surface area contributed by atoms with E-state index < -0.39 is 234 Å². The van der Waals surface area contributed by atoms with Crippen molar-refractivity contribution in [2.24, 2.45) is 23.5 Å². The number of imidazole rings is 1. The fourth-order valence-electron chi connectivity index (χ4n) is 12.6. The number of rotatable bonds is 18. The Kier molecular flexibility index (Phi) is 36.9. The zero-order valence-corrected chi connectivity index (χ0v) is 70.2. The number of aliphatic carboxylic acids is 2. The fraction of sp³-hybridized carbons (Fsp3) is 0.526. The summed E-state index contributed by atoms with van der Waals surface area (Å²) in [6.07, 6.45) is 0.732. The number of H-pyrrole nitrogens is 3. The lowest BCUT2D eigenvalue weighted by molar-refractivity contribution is -0.141. The van der Waals surface area contributed by atoms with Gasteiger partial charge in [-0.3, -0.25) is 81.5 Å². The van der Waals surface area contributed by atoms with Crippen LogP contribution >= 0.6 is 43.2 Å². The number of amides is 14. The second kappa shape index (κ2) is 46.0. The van der Waals surface area contributed by atoms with Gasteiger partial charge in [-0.1, -0.05) is 121 Å². The van der Waals surface area contributed by atoms with Gasteiger partial charge in [0.05, 0.1) is 43.2 Å². The molecule has 648 valence electrons. The van der Waals surface area contributed by atoms with Crippen molar-refractivity contribution in [3.05, 3.63) is 90.3 Å². The maximum atomic E-state index is 15.4. The molecule has 15 atom stereocenters. The second-order valence-corrected chi connectivity index (χ2v) is 35.2. The van der Waals surface area contributed by atoms with Crippen LogP contribution in [0.1, 0.15) is 111 Å². The molecule has 5 heterocycles. The van der Waals surface area contributed by atoms with E-state index in [1.54, 1.807) is 102 Å². The number of aliphatic hydroxyl groups is 1. The number of nitrogens with zero attached hydrogens (tertiary/aromatic N) is 1. The number of carboxylic acid groups (broad SMARTS) is 2. The largest absolute Gasteiger partial charge is 0.481 e. The predicted molar refractivity (Wildman–Crippen MR) is 443 cm³/mol. The highest BCUT2D eigenvalue weighted by Crippen LogP contribution is 2.27. The molecule has 2 fully saturated rings. The number of para-hydroxylation sites is 2. The van der Waals surface area contributed by atoms with Gasteiger partial charge in [0.2, 0.25) is 82.7 Å². The van der Waals surface area contributed by atoms with E-state index in [2.05, 4.69) is 94.4 Å². The third-order valence-electron chi connectivity index (χ3n) is 19.1. The average Bonchev–Trinajstić information content (AvgIpc) is 1.67. The number of carbonyl (C=O) groups is 17. The normalized spacial score (nSPS) is 25.8. The molecule has 39 nitrogen and oxygen atoms in total. The molecule has 43 heteroatoms. The quantitative estimate of drug-likeness (QED) is 0.0423. The summed E-state index contributed by atoms with van der Waals surface area (Å²) in [6, 6.07) is -8.97. The fourth-order valence-corrected chi connectivity index (χ4v) is 17.3. The number of benzene rings is 2. The van der Waals surface area contributed by atoms with Gasteiger partial charge >= 0.3 is 11.9 Å². The third kappa shape index (κ3) is 29.6. The lowest BCUT2D eigenvalue weighted by atomic mass is 9.98. The molecular formula is C76H105N19O20S4. The third-order valence-corrected chi connectivity index (χ3v) is 23.9. The van der Waals surface area contributed by atoms with E-state index in [-0.39, 0.29) is 61.1 Å². The van der Waals surface area contributed by atoms with E-state index in [9.17, 15) is 77.6 Å². The molecule has 2 aliphatic rings. The van der Waals surface area contributed by atoms with Crippen LogP contribution in [-0.4, -0.2) is 256 Å². The van der Waals surface area contributed by atoms with Gasteiger partial charge in [0.15, 0.2) is 5.78 Å². The van der Waals surface area contributed by atoms with Gasteiger partial charge < -0.3 is 110 Å². The highest BCUT2D eigenvalue weighted by molar-refractivity contribution is 8.77. The lowest BCUT2D eigenvalue weighted by Gasteiger charge is -2.29. The summed E-state index contributed by atoms with van der Waals surface area (Å²) in [7, 11) is 3.40. The Bertz CT molecular complexity index is 4470. The van der Waals surface area contributed by atoms with Crippen LogP contribution < -0.4 is 80.2 Å². The van der Waals surface area contributed by atoms with Gasteiger partial charge in [0.25, 0.3) is 0 Å². The first-order valence-electron chi connectivity index (χ1n) is 38.5. The molecule has 3 aromatic heterocycles. The summed E-state index contributed by atoms with van der Waals surface area (Å²) >= 11 is 0. The number of fused-ring (bicyclic) bond motifs is 7. The SMILES string of the molecule is CC(=O)[C@@H]1CSSC[C@H](N)C(=O)N[C@@H](CC(=O)O)C(=O)N[C@H]2CSSC[C@H](NC(=O)[C@H](Cc3c[nH]c4ccccc34)NC(=O)[C@H](C(C)C)NC(=O)[C@H](CC(C)C)NC(=O)[C@H](CCC(=O)O)NC(=O)CNC(=O)[C@H](CC(C)C)NC(=O)[C@H](Cc3c[nH]cn3)NC(=O)[C@H](Cc3c[nH]c4ccccc34)NC(=O)[C@H](C)NC2=O)C(=O)NC([C@@H](C)O)C(=O)N1. The van der Waals surface area contributed by atoms with Crippen LogP contribution in [0.25, 0.3) is 21.8 Å². The van der Waals surface area contributed by atoms with E-state index in [0.29, 0.717) is 32.9 Å². The van der Waals surface area contributed by atoms with Crippen molar-refractivity contribution in [1.29, 1.82) is 0 Å². The number of hydrogen-bond acceptors (Lipinski definition) is 24. The Morgan fingerprint density at radius 2 is 0.924 bits per heavy atom. The van der Waals surface area contributed by atoms with Crippen LogP contribution in [-0.2, 0) is 101 Å². The van der Waals surface area contributed by atoms with Crippen LogP contribution in [0.15, 0.2) is 73.4 Å². The maximum Gasteiger partial charge on any atom is 0.305 e. The second-order valence-electron chi connectivity index (χ2n) is 30.1. The van der Waals surface area contributed by atoms with Crippen molar-refractivity contribution in [1.82, 2.24) is 94.4 Å². The highest BCUT2D eigenvalue weighted by atomic mass is 33.1. The predicted octanol–water partition coefficient (Wildman–Crippen LogP) is -1.99. The minimum Gasteiger partial charge on any atom is -0.481 e. The topological polar surface area (TPSA) is 606 Å². The van der Waals surface area contributed by atoms with Crippen molar-refractivity contribution in [3.8, 4) is 0 Å². The molecule has 5 aromatic rings. The molecule has 0 aliphatic carbocycles. The van der Waals surface area contributed by atoms with E-state index in [0.717, 1.165) is 57.0 Å². The zero-order valence-electron chi connectivity index (χ0n) is 67.0. The summed E-state index contributed by atoms with van der Waals surface area (Å²) in [4.78, 5) is 256. The Labute approximate surface area is 700 Å². The number of hydrogen-bond donors (Lipinski definition) is 21. The molecule has 14 amide bonds. The van der Waals surface area contributed by atoms with Gasteiger partial charge in [0, 0.05) is 89.1 Å². The summed E-state index contributed by atoms with van der Waals surface area (Å²) in [6.45, 7) is 12.7. The monoisotopic (exact) mass is 1730 g/mol. The molecular weight excluding hydrogens is 1630 g/mol. The molecule has 22 N–H and O–H groups in total. The average molecular weight is 1730 g/mol. The first-order chi connectivity index (χ1) is 56.3. The van der Waals surface area contributed by atoms with Crippen molar-refractivity contribution < 1.29 is 96.8 Å². The van der Waals surface area contributed by atoms with Crippen LogP contribution in [0.4, 0.5) is 0 Å². The number of carboxylic acids is 2. The number of aliphatic hydroxyl groups excluding tert-OH is 1. The van der Waals surface area contributed by atoms with Crippen molar-refractivity contribution >= 4 is 165 Å². The number of Topliss-reactive ketones (excluding diaryl/α,β-unsaturated/α-hetero) is 1. The van der Waals surface area contributed by atoms with Gasteiger partial charge in [-0.15, -0.1) is 0 Å². The lowest BCUT2D eigenvalue weighted by Crippen LogP contribution is -2.62. The Hall–Kier alpha value is -10.8. The molecule has 7 rings (SSSR count). The first-order valence-corrected chi connectivity index (χ1v) is 43.5. The number of aromatic amines is 3. The molecule has 0 saturated carbocycles. The standard InChI is InChI=1S/C76H105N19O20S4/c1-35(2)20-50-66(105)81-29-59(98)84-49(18-19-60(99)100)67(106)88-51(21-36(3)4)72(111)94-62(37(5)6)75(114)90-53(23-42-27-80-48-17-13-11-15-45(42)48)69(108)93-58-33-119-118-32-57(92-71(110)55(25-61(101)102)86-65(104)46(77)30-116-117-31-56(39(8)96)91-76(115)63(40(9)97)95-74(58)113)73(112)83-38(7)64(103)85-52(22-41-26-79-47-16-12-10-14-44(41)47)68(107)89-54(70(109)87-50)24-43-28-78-34-82-43/h10-17,26-28,34-38,40,46,49-58,62-63,79-80,97H,18-25,29-33,77H2,1-9H3,(H,78,82)(H,81,105)(H,83,112)(H,84,98)(H,85,103)(H,86,104)(H,87,109)(H,88,106)(H,89,107)(H,90,114)(H,91,115)(H,92,110)(H,93,108)(H,94,111)(H,95,113)(H,99,100)(H,101,102)/t38-,40+,46-,49-,50-,51-,52-,53-,54-,55-,56-,57-,58-,62-,63?/m0/s1. The summed E-state index contributed by atoms with van der Waals surface area (Å²) in [5.41, 5.74) is 8.63. The number of ketones is 1. The minimum atomic E-state index is -1.94. The van der Waals surface area contributed by atoms with Gasteiger partial charge in [-0.05, 0) is 81.0 Å². The molecule has 119 heavy (non-hydrogen) atoms. The minimum absolute atomic E-state index is 0.0671. The number of nitrogens with one attached hydrogen (secondary N) is 17. The molecule has 2 bridgehead atoms. The van der Waals surface area contributed by atoms with Crippen molar-refractivity contribution in [2.45, 2.75) is 204 Å². The van der Waals surface area contributed by atoms with Gasteiger partial charge in [-0.25, -0.2) is 4.98 Å². The molecule has 1 unspecified atom stereocenters. The molecule has 2 saturated heterocycles. The summed E-state index contributed by atoms with van der Waals surface area (Å²) < 4.78 is 0. The summed E-state index contributed by atoms with van der Waals surface area (Å²) in [5, 5.41) is 68.1. The van der Waals surface area contributed by atoms with E-state index >= 15 is 19.2 Å². The van der Waals surface area contributed by atoms with E-state index in [1.807, 2.05) is 0 Å². The van der Waals surface area contributed by atoms with Crippen molar-refractivity contribution in [2.75, 3.05) is 29.6 Å². The van der Waals surface area contributed by atoms with E-state index in [4.69, 9.17) is 5.73 Å².